The molecule has 0 spiro atoms. The average molecular weight is 196 g/mol. The van der Waals surface area contributed by atoms with Gasteiger partial charge in [0, 0.05) is 5.39 Å². The van der Waals surface area contributed by atoms with E-state index in [0.717, 1.165) is 10.8 Å². The lowest BCUT2D eigenvalue weighted by Gasteiger charge is -1.87. The Morgan fingerprint density at radius 1 is 0.867 bits per heavy atom. The van der Waals surface area contributed by atoms with Crippen molar-refractivity contribution in [2.45, 2.75) is 0 Å². The Labute approximate surface area is 85.8 Å². The molecule has 3 aromatic rings. The van der Waals surface area contributed by atoms with Crippen molar-refractivity contribution in [3.8, 4) is 0 Å². The third kappa shape index (κ3) is 1.15. The fourth-order valence-corrected chi connectivity index (χ4v) is 1.80. The zero-order valence-corrected chi connectivity index (χ0v) is 7.94. The first kappa shape index (κ1) is 8.24. The van der Waals surface area contributed by atoms with Crippen LogP contribution in [0.5, 0.6) is 0 Å². The molecular weight excluding hydrogens is 188 g/mol. The van der Waals surface area contributed by atoms with Gasteiger partial charge in [0.2, 0.25) is 0 Å². The lowest BCUT2D eigenvalue weighted by molar-refractivity contribution is 0.616. The largest absolute Gasteiger partial charge is 0.464 e. The lowest BCUT2D eigenvalue weighted by Crippen LogP contribution is -1.96. The van der Waals surface area contributed by atoms with Crippen LogP contribution in [0.3, 0.4) is 0 Å². The van der Waals surface area contributed by atoms with Gasteiger partial charge in [-0.25, -0.2) is 0 Å². The molecule has 2 heteroatoms. The Balaban J connectivity index is 2.71. The monoisotopic (exact) mass is 196 g/mol. The Kier molecular flexibility index (Phi) is 1.62. The van der Waals surface area contributed by atoms with E-state index in [0.29, 0.717) is 11.0 Å². The summed E-state index contributed by atoms with van der Waals surface area (Å²) in [7, 11) is 0. The summed E-state index contributed by atoms with van der Waals surface area (Å²) in [6, 6.07) is 13.0. The van der Waals surface area contributed by atoms with E-state index in [1.165, 1.54) is 0 Å². The minimum atomic E-state index is 0.0272. The molecule has 2 aromatic carbocycles. The highest BCUT2D eigenvalue weighted by atomic mass is 16.3. The van der Waals surface area contributed by atoms with Crippen molar-refractivity contribution in [3.05, 3.63) is 59.0 Å². The molecule has 0 atom stereocenters. The molecule has 1 aromatic heterocycles. The molecule has 0 saturated carbocycles. The number of rotatable bonds is 0. The fraction of sp³-hybridized carbons (Fsp3) is 0. The second-order valence-corrected chi connectivity index (χ2v) is 3.45. The number of fused-ring (bicyclic) bond motifs is 2. The van der Waals surface area contributed by atoms with E-state index in [-0.39, 0.29) is 5.43 Å². The summed E-state index contributed by atoms with van der Waals surface area (Å²) in [5.41, 5.74) is 0.663. The quantitative estimate of drug-likeness (QED) is 0.553. The molecule has 3 rings (SSSR count). The van der Waals surface area contributed by atoms with Crippen LogP contribution in [0.2, 0.25) is 0 Å². The highest BCUT2D eigenvalue weighted by Gasteiger charge is 2.02. The Bertz CT molecular complexity index is 695. The molecule has 0 amide bonds. The molecule has 0 N–H and O–H groups in total. The van der Waals surface area contributed by atoms with Gasteiger partial charge in [-0.15, -0.1) is 0 Å². The smallest absolute Gasteiger partial charge is 0.197 e. The summed E-state index contributed by atoms with van der Waals surface area (Å²) in [6.07, 6.45) is 1.54. The van der Waals surface area contributed by atoms with E-state index in [1.807, 2.05) is 36.4 Å². The van der Waals surface area contributed by atoms with Crippen LogP contribution in [0.15, 0.2) is 57.9 Å². The van der Waals surface area contributed by atoms with Crippen molar-refractivity contribution in [1.29, 1.82) is 0 Å². The molecule has 0 fully saturated rings. The van der Waals surface area contributed by atoms with Crippen molar-refractivity contribution in [2.75, 3.05) is 0 Å². The number of hydrogen-bond acceptors (Lipinski definition) is 2. The normalized spacial score (nSPS) is 10.9. The van der Waals surface area contributed by atoms with Crippen LogP contribution in [-0.2, 0) is 0 Å². The molecule has 0 aliphatic carbocycles. The molecule has 0 bridgehead atoms. The first-order chi connectivity index (χ1) is 7.36. The molecule has 0 radical (unpaired) electrons. The maximum Gasteiger partial charge on any atom is 0.197 e. The lowest BCUT2D eigenvalue weighted by atomic mass is 10.2. The number of hydrogen-bond donors (Lipinski definition) is 0. The summed E-state index contributed by atoms with van der Waals surface area (Å²) < 4.78 is 5.23. The summed E-state index contributed by atoms with van der Waals surface area (Å²) in [4.78, 5) is 12.1. The predicted octanol–water partition coefficient (Wildman–Crippen LogP) is 2.95. The van der Waals surface area contributed by atoms with Gasteiger partial charge in [-0.1, -0.05) is 30.3 Å². The summed E-state index contributed by atoms with van der Waals surface area (Å²) in [5.74, 6) is 0. The van der Waals surface area contributed by atoms with Crippen molar-refractivity contribution in [1.82, 2.24) is 0 Å². The van der Waals surface area contributed by atoms with E-state index >= 15 is 0 Å². The fourth-order valence-electron chi connectivity index (χ4n) is 1.80. The third-order valence-electron chi connectivity index (χ3n) is 2.56. The van der Waals surface area contributed by atoms with Crippen LogP contribution in [0, 0.1) is 0 Å². The zero-order chi connectivity index (χ0) is 10.3. The van der Waals surface area contributed by atoms with Crippen LogP contribution >= 0.6 is 0 Å². The van der Waals surface area contributed by atoms with E-state index in [2.05, 4.69) is 0 Å². The SMILES string of the molecule is O=c1c2ccccc2ccc2occc12. The van der Waals surface area contributed by atoms with Gasteiger partial charge in [0.15, 0.2) is 5.43 Å². The standard InChI is InChI=1S/C13H8O2/c14-13-10-4-2-1-3-9(10)5-6-12-11(13)7-8-15-12/h1-8H. The minimum absolute atomic E-state index is 0.0272. The number of furan rings is 1. The van der Waals surface area contributed by atoms with Crippen LogP contribution in [0.25, 0.3) is 21.7 Å². The average Bonchev–Trinajstić information content (AvgIpc) is 2.69. The summed E-state index contributed by atoms with van der Waals surface area (Å²) in [6.45, 7) is 0. The van der Waals surface area contributed by atoms with Gasteiger partial charge >= 0.3 is 0 Å². The number of benzene rings is 1. The van der Waals surface area contributed by atoms with E-state index in [1.54, 1.807) is 12.3 Å². The topological polar surface area (TPSA) is 30.2 Å². The summed E-state index contributed by atoms with van der Waals surface area (Å²) >= 11 is 0. The molecule has 0 saturated heterocycles. The maximum atomic E-state index is 12.1. The zero-order valence-electron chi connectivity index (χ0n) is 7.94. The van der Waals surface area contributed by atoms with Crippen LogP contribution in [-0.4, -0.2) is 0 Å². The molecule has 0 unspecified atom stereocenters. The minimum Gasteiger partial charge on any atom is -0.464 e. The molecule has 0 aliphatic heterocycles. The molecule has 0 aliphatic rings. The van der Waals surface area contributed by atoms with Crippen molar-refractivity contribution in [3.63, 3.8) is 0 Å². The second-order valence-electron chi connectivity index (χ2n) is 3.45. The van der Waals surface area contributed by atoms with Gasteiger partial charge in [-0.05, 0) is 17.5 Å². The van der Waals surface area contributed by atoms with Crippen molar-refractivity contribution < 1.29 is 4.42 Å². The van der Waals surface area contributed by atoms with Gasteiger partial charge in [0.25, 0.3) is 0 Å². The van der Waals surface area contributed by atoms with Gasteiger partial charge in [0.05, 0.1) is 11.6 Å². The first-order valence-electron chi connectivity index (χ1n) is 4.75. The molecule has 15 heavy (non-hydrogen) atoms. The van der Waals surface area contributed by atoms with Gasteiger partial charge in [-0.3, -0.25) is 4.79 Å². The van der Waals surface area contributed by atoms with Gasteiger partial charge in [-0.2, -0.15) is 0 Å². The highest BCUT2D eigenvalue weighted by molar-refractivity contribution is 5.90. The Morgan fingerprint density at radius 3 is 2.67 bits per heavy atom. The van der Waals surface area contributed by atoms with Crippen molar-refractivity contribution in [2.24, 2.45) is 0 Å². The van der Waals surface area contributed by atoms with Crippen molar-refractivity contribution >= 4 is 21.7 Å². The molecule has 2 nitrogen and oxygen atoms in total. The Hall–Kier alpha value is -2.09. The van der Waals surface area contributed by atoms with Gasteiger partial charge in [0.1, 0.15) is 5.58 Å². The predicted molar refractivity (Wildman–Crippen MR) is 60.0 cm³/mol. The van der Waals surface area contributed by atoms with Gasteiger partial charge < -0.3 is 4.42 Å². The van der Waals surface area contributed by atoms with E-state index < -0.39 is 0 Å². The molecule has 1 heterocycles. The second kappa shape index (κ2) is 2.95. The van der Waals surface area contributed by atoms with E-state index in [9.17, 15) is 4.79 Å². The summed E-state index contributed by atoms with van der Waals surface area (Å²) in [5, 5.41) is 2.30. The third-order valence-corrected chi connectivity index (χ3v) is 2.56. The molecule has 72 valence electrons. The highest BCUT2D eigenvalue weighted by Crippen LogP contribution is 2.15. The van der Waals surface area contributed by atoms with E-state index in [4.69, 9.17) is 4.42 Å². The Morgan fingerprint density at radius 2 is 1.73 bits per heavy atom. The van der Waals surface area contributed by atoms with Crippen LogP contribution in [0.4, 0.5) is 0 Å². The van der Waals surface area contributed by atoms with Crippen LogP contribution in [0.1, 0.15) is 0 Å². The molecular formula is C13H8O2. The first-order valence-corrected chi connectivity index (χ1v) is 4.75. The maximum absolute atomic E-state index is 12.1. The van der Waals surface area contributed by atoms with Crippen LogP contribution < -0.4 is 5.43 Å².